The number of halogens is 2. The second kappa shape index (κ2) is 6.31. The molecule has 1 fully saturated rings. The van der Waals surface area contributed by atoms with Crippen LogP contribution >= 0.6 is 0 Å². The van der Waals surface area contributed by atoms with Crippen LogP contribution in [0, 0.1) is 11.6 Å². The van der Waals surface area contributed by atoms with Crippen molar-refractivity contribution in [1.29, 1.82) is 0 Å². The summed E-state index contributed by atoms with van der Waals surface area (Å²) in [5.41, 5.74) is -0.328. The summed E-state index contributed by atoms with van der Waals surface area (Å²) in [5.74, 6) is -2.89. The SMILES string of the molecule is O=C(NCCCN1CCOC1=O)c1cccc(F)c1F. The standard InChI is InChI=1S/C13H14F2N2O3/c14-10-4-1-3-9(11(10)15)12(18)16-5-2-6-17-7-8-20-13(17)19/h1,3-4H,2,5-8H2,(H,16,18). The number of carbonyl (C=O) groups excluding carboxylic acids is 2. The molecule has 2 rings (SSSR count). The maximum absolute atomic E-state index is 13.4. The van der Waals surface area contributed by atoms with Crippen molar-refractivity contribution in [2.24, 2.45) is 0 Å². The third-order valence-corrected chi connectivity index (χ3v) is 2.93. The molecule has 20 heavy (non-hydrogen) atoms. The zero-order valence-corrected chi connectivity index (χ0v) is 10.7. The number of nitrogens with one attached hydrogen (secondary N) is 1. The van der Waals surface area contributed by atoms with Gasteiger partial charge in [0, 0.05) is 13.1 Å². The second-order valence-electron chi connectivity index (χ2n) is 4.31. The third-order valence-electron chi connectivity index (χ3n) is 2.93. The van der Waals surface area contributed by atoms with Crippen LogP contribution in [0.15, 0.2) is 18.2 Å². The lowest BCUT2D eigenvalue weighted by Gasteiger charge is -2.12. The van der Waals surface area contributed by atoms with Gasteiger partial charge in [-0.05, 0) is 18.6 Å². The molecule has 0 spiro atoms. The number of amides is 2. The summed E-state index contributed by atoms with van der Waals surface area (Å²) in [7, 11) is 0. The van der Waals surface area contributed by atoms with Gasteiger partial charge in [-0.15, -0.1) is 0 Å². The Hall–Kier alpha value is -2.18. The molecule has 1 aromatic carbocycles. The van der Waals surface area contributed by atoms with Gasteiger partial charge in [0.25, 0.3) is 5.91 Å². The summed E-state index contributed by atoms with van der Waals surface area (Å²) < 4.78 is 31.1. The quantitative estimate of drug-likeness (QED) is 0.834. The molecular weight excluding hydrogens is 270 g/mol. The molecule has 1 aliphatic rings. The van der Waals surface area contributed by atoms with Crippen LogP contribution in [0.4, 0.5) is 13.6 Å². The number of nitrogens with zero attached hydrogens (tertiary/aromatic N) is 1. The molecule has 1 heterocycles. The Morgan fingerprint density at radius 1 is 1.40 bits per heavy atom. The first-order valence-electron chi connectivity index (χ1n) is 6.23. The Bertz CT molecular complexity index is 522. The van der Waals surface area contributed by atoms with Crippen molar-refractivity contribution in [2.45, 2.75) is 6.42 Å². The normalized spacial score (nSPS) is 14.3. The third kappa shape index (κ3) is 3.23. The van der Waals surface area contributed by atoms with Gasteiger partial charge >= 0.3 is 6.09 Å². The Morgan fingerprint density at radius 2 is 2.20 bits per heavy atom. The number of hydrogen-bond donors (Lipinski definition) is 1. The molecule has 0 aliphatic carbocycles. The molecular formula is C13H14F2N2O3. The van der Waals surface area contributed by atoms with E-state index in [9.17, 15) is 18.4 Å². The number of benzene rings is 1. The van der Waals surface area contributed by atoms with Gasteiger partial charge in [-0.1, -0.05) is 6.07 Å². The lowest BCUT2D eigenvalue weighted by atomic mass is 10.2. The van der Waals surface area contributed by atoms with E-state index < -0.39 is 17.5 Å². The Balaban J connectivity index is 1.78. The van der Waals surface area contributed by atoms with Crippen LogP contribution in [0.3, 0.4) is 0 Å². The van der Waals surface area contributed by atoms with Gasteiger partial charge in [-0.25, -0.2) is 13.6 Å². The molecule has 0 unspecified atom stereocenters. The number of carbonyl (C=O) groups is 2. The van der Waals surface area contributed by atoms with Crippen LogP contribution in [-0.4, -0.2) is 43.1 Å². The van der Waals surface area contributed by atoms with Crippen molar-refractivity contribution in [2.75, 3.05) is 26.2 Å². The molecule has 7 heteroatoms. The maximum atomic E-state index is 13.4. The van der Waals surface area contributed by atoms with Crippen LogP contribution < -0.4 is 5.32 Å². The molecule has 1 aromatic rings. The van der Waals surface area contributed by atoms with E-state index in [0.717, 1.165) is 6.07 Å². The molecule has 0 aromatic heterocycles. The largest absolute Gasteiger partial charge is 0.448 e. The van der Waals surface area contributed by atoms with Gasteiger partial charge in [-0.2, -0.15) is 0 Å². The van der Waals surface area contributed by atoms with Crippen LogP contribution in [0.5, 0.6) is 0 Å². The van der Waals surface area contributed by atoms with Gasteiger partial charge in [0.1, 0.15) is 6.61 Å². The van der Waals surface area contributed by atoms with Gasteiger partial charge < -0.3 is 15.0 Å². The molecule has 2 amide bonds. The number of rotatable bonds is 5. The molecule has 1 saturated heterocycles. The smallest absolute Gasteiger partial charge is 0.409 e. The fourth-order valence-electron chi connectivity index (χ4n) is 1.88. The zero-order valence-electron chi connectivity index (χ0n) is 10.7. The summed E-state index contributed by atoms with van der Waals surface area (Å²) in [6, 6.07) is 3.43. The van der Waals surface area contributed by atoms with E-state index in [1.54, 1.807) is 0 Å². The summed E-state index contributed by atoms with van der Waals surface area (Å²) >= 11 is 0. The molecule has 0 saturated carbocycles. The van der Waals surface area contributed by atoms with Gasteiger partial charge in [0.2, 0.25) is 0 Å². The zero-order chi connectivity index (χ0) is 14.5. The van der Waals surface area contributed by atoms with Crippen molar-refractivity contribution < 1.29 is 23.1 Å². The first-order valence-corrected chi connectivity index (χ1v) is 6.23. The summed E-state index contributed by atoms with van der Waals surface area (Å²) in [4.78, 5) is 24.3. The molecule has 1 N–H and O–H groups in total. The molecule has 5 nitrogen and oxygen atoms in total. The van der Waals surface area contributed by atoms with Crippen LogP contribution in [0.1, 0.15) is 16.8 Å². The monoisotopic (exact) mass is 284 g/mol. The number of ether oxygens (including phenoxy) is 1. The predicted octanol–water partition coefficient (Wildman–Crippen LogP) is 1.54. The van der Waals surface area contributed by atoms with Crippen molar-refractivity contribution in [3.8, 4) is 0 Å². The lowest BCUT2D eigenvalue weighted by Crippen LogP contribution is -2.31. The summed E-state index contributed by atoms with van der Waals surface area (Å²) in [6.45, 7) is 1.62. The van der Waals surface area contributed by atoms with E-state index in [0.29, 0.717) is 26.1 Å². The minimum Gasteiger partial charge on any atom is -0.448 e. The minimum absolute atomic E-state index is 0.262. The van der Waals surface area contributed by atoms with Crippen molar-refractivity contribution in [3.63, 3.8) is 0 Å². The first kappa shape index (κ1) is 14.2. The molecule has 0 bridgehead atoms. The topological polar surface area (TPSA) is 58.6 Å². The van der Waals surface area contributed by atoms with E-state index in [2.05, 4.69) is 5.32 Å². The molecule has 0 radical (unpaired) electrons. The highest BCUT2D eigenvalue weighted by molar-refractivity contribution is 5.94. The van der Waals surface area contributed by atoms with Crippen LogP contribution in [0.25, 0.3) is 0 Å². The lowest BCUT2D eigenvalue weighted by molar-refractivity contribution is 0.0947. The fourth-order valence-corrected chi connectivity index (χ4v) is 1.88. The molecule has 108 valence electrons. The van der Waals surface area contributed by atoms with Crippen LogP contribution in [-0.2, 0) is 4.74 Å². The Morgan fingerprint density at radius 3 is 2.90 bits per heavy atom. The van der Waals surface area contributed by atoms with Crippen molar-refractivity contribution in [1.82, 2.24) is 10.2 Å². The van der Waals surface area contributed by atoms with E-state index in [1.807, 2.05) is 0 Å². The van der Waals surface area contributed by atoms with E-state index in [-0.39, 0.29) is 18.2 Å². The summed E-state index contributed by atoms with van der Waals surface area (Å²) in [5, 5.41) is 2.48. The summed E-state index contributed by atoms with van der Waals surface area (Å²) in [6.07, 6.45) is 0.144. The van der Waals surface area contributed by atoms with E-state index in [4.69, 9.17) is 4.74 Å². The maximum Gasteiger partial charge on any atom is 0.409 e. The number of cyclic esters (lactones) is 1. The molecule has 0 atom stereocenters. The Labute approximate surface area is 114 Å². The average molecular weight is 284 g/mol. The average Bonchev–Trinajstić information content (AvgIpc) is 2.83. The first-order chi connectivity index (χ1) is 9.59. The highest BCUT2D eigenvalue weighted by Crippen LogP contribution is 2.11. The van der Waals surface area contributed by atoms with E-state index in [1.165, 1.54) is 17.0 Å². The van der Waals surface area contributed by atoms with Crippen molar-refractivity contribution in [3.05, 3.63) is 35.4 Å². The second-order valence-corrected chi connectivity index (χ2v) is 4.31. The van der Waals surface area contributed by atoms with E-state index >= 15 is 0 Å². The molecule has 1 aliphatic heterocycles. The van der Waals surface area contributed by atoms with Gasteiger partial charge in [-0.3, -0.25) is 4.79 Å². The fraction of sp³-hybridized carbons (Fsp3) is 0.385. The van der Waals surface area contributed by atoms with Gasteiger partial charge in [0.05, 0.1) is 12.1 Å². The highest BCUT2D eigenvalue weighted by Gasteiger charge is 2.21. The van der Waals surface area contributed by atoms with Gasteiger partial charge in [0.15, 0.2) is 11.6 Å². The predicted molar refractivity (Wildman–Crippen MR) is 66.2 cm³/mol. The minimum atomic E-state index is -1.16. The highest BCUT2D eigenvalue weighted by atomic mass is 19.2. The van der Waals surface area contributed by atoms with Crippen LogP contribution in [0.2, 0.25) is 0 Å². The number of hydrogen-bond acceptors (Lipinski definition) is 3. The Kier molecular flexibility index (Phi) is 4.49. The van der Waals surface area contributed by atoms with Crippen molar-refractivity contribution >= 4 is 12.0 Å².